The first-order chi connectivity index (χ1) is 13.5. The zero-order valence-corrected chi connectivity index (χ0v) is 16.6. The molecule has 0 aliphatic carbocycles. The minimum Gasteiger partial charge on any atom is -0.491 e. The molecular weight excluding hydrogens is 378 g/mol. The van der Waals surface area contributed by atoms with Crippen LogP contribution in [-0.2, 0) is 16.0 Å². The Labute approximate surface area is 169 Å². The standard InChI is InChI=1S/C20H23N3O4S/c1-21-18(24)13-14-3-7-16(8-4-14)22-20(28)23-19(25)15-5-9-17(10-6-15)27-12-11-26-2/h3-10H,11-13H2,1-2H3,(H,21,24)(H2,22,23,25,28). The summed E-state index contributed by atoms with van der Waals surface area (Å²) >= 11 is 5.18. The smallest absolute Gasteiger partial charge is 0.257 e. The van der Waals surface area contributed by atoms with E-state index in [4.69, 9.17) is 21.7 Å². The highest BCUT2D eigenvalue weighted by atomic mass is 32.1. The number of methoxy groups -OCH3 is 1. The fraction of sp³-hybridized carbons (Fsp3) is 0.250. The van der Waals surface area contributed by atoms with E-state index in [0.717, 1.165) is 5.56 Å². The number of likely N-dealkylation sites (N-methyl/N-ethyl adjacent to an activating group) is 1. The van der Waals surface area contributed by atoms with Gasteiger partial charge < -0.3 is 20.1 Å². The minimum atomic E-state index is -0.322. The first-order valence-electron chi connectivity index (χ1n) is 8.65. The molecule has 2 rings (SSSR count). The van der Waals surface area contributed by atoms with E-state index in [9.17, 15) is 9.59 Å². The highest BCUT2D eigenvalue weighted by molar-refractivity contribution is 7.80. The van der Waals surface area contributed by atoms with Gasteiger partial charge in [0.25, 0.3) is 5.91 Å². The molecule has 0 bridgehead atoms. The van der Waals surface area contributed by atoms with Crippen molar-refractivity contribution >= 4 is 34.8 Å². The summed E-state index contributed by atoms with van der Waals surface area (Å²) in [6.07, 6.45) is 0.309. The summed E-state index contributed by atoms with van der Waals surface area (Å²) in [5, 5.41) is 8.33. The summed E-state index contributed by atoms with van der Waals surface area (Å²) in [6, 6.07) is 14.0. The quantitative estimate of drug-likeness (QED) is 0.464. The molecule has 0 aromatic heterocycles. The van der Waals surface area contributed by atoms with E-state index in [-0.39, 0.29) is 16.9 Å². The van der Waals surface area contributed by atoms with Crippen LogP contribution in [0, 0.1) is 0 Å². The monoisotopic (exact) mass is 401 g/mol. The lowest BCUT2D eigenvalue weighted by molar-refractivity contribution is -0.119. The zero-order valence-electron chi connectivity index (χ0n) is 15.8. The molecule has 148 valence electrons. The average molecular weight is 401 g/mol. The molecule has 28 heavy (non-hydrogen) atoms. The van der Waals surface area contributed by atoms with Crippen LogP contribution in [0.15, 0.2) is 48.5 Å². The molecule has 0 atom stereocenters. The fourth-order valence-electron chi connectivity index (χ4n) is 2.26. The Hall–Kier alpha value is -2.97. The second kappa shape index (κ2) is 11.0. The predicted molar refractivity (Wildman–Crippen MR) is 112 cm³/mol. The van der Waals surface area contributed by atoms with Gasteiger partial charge in [0.1, 0.15) is 12.4 Å². The van der Waals surface area contributed by atoms with Crippen molar-refractivity contribution < 1.29 is 19.1 Å². The largest absolute Gasteiger partial charge is 0.491 e. The van der Waals surface area contributed by atoms with E-state index in [1.807, 2.05) is 12.1 Å². The van der Waals surface area contributed by atoms with Gasteiger partial charge in [-0.2, -0.15) is 0 Å². The van der Waals surface area contributed by atoms with Gasteiger partial charge in [-0.25, -0.2) is 0 Å². The van der Waals surface area contributed by atoms with Crippen molar-refractivity contribution in [2.24, 2.45) is 0 Å². The van der Waals surface area contributed by atoms with Crippen molar-refractivity contribution in [2.75, 3.05) is 32.7 Å². The number of benzene rings is 2. The molecule has 0 aliphatic rings. The summed E-state index contributed by atoms with van der Waals surface area (Å²) in [7, 11) is 3.20. The van der Waals surface area contributed by atoms with Gasteiger partial charge >= 0.3 is 0 Å². The summed E-state index contributed by atoms with van der Waals surface area (Å²) in [6.45, 7) is 0.937. The molecule has 2 aromatic carbocycles. The van der Waals surface area contributed by atoms with Gasteiger partial charge in [-0.05, 0) is 54.2 Å². The van der Waals surface area contributed by atoms with Gasteiger partial charge in [0, 0.05) is 25.4 Å². The van der Waals surface area contributed by atoms with Crippen LogP contribution in [0.4, 0.5) is 5.69 Å². The summed E-state index contributed by atoms with van der Waals surface area (Å²) in [5.41, 5.74) is 2.06. The number of carbonyl (C=O) groups is 2. The molecule has 8 heteroatoms. The van der Waals surface area contributed by atoms with Crippen LogP contribution < -0.4 is 20.7 Å². The molecule has 0 heterocycles. The highest BCUT2D eigenvalue weighted by Crippen LogP contribution is 2.13. The molecule has 0 unspecified atom stereocenters. The first-order valence-corrected chi connectivity index (χ1v) is 9.06. The first kappa shape index (κ1) is 21.3. The number of carbonyl (C=O) groups excluding carboxylic acids is 2. The van der Waals surface area contributed by atoms with Crippen molar-refractivity contribution in [3.63, 3.8) is 0 Å². The molecule has 0 spiro atoms. The molecular formula is C20H23N3O4S. The Morgan fingerprint density at radius 1 is 1.00 bits per heavy atom. The van der Waals surface area contributed by atoms with Crippen LogP contribution in [-0.4, -0.2) is 44.3 Å². The number of rotatable bonds is 8. The lowest BCUT2D eigenvalue weighted by Gasteiger charge is -2.11. The molecule has 0 aliphatic heterocycles. The number of anilines is 1. The number of hydrogen-bond acceptors (Lipinski definition) is 5. The number of hydrogen-bond donors (Lipinski definition) is 3. The Bertz CT molecular complexity index is 807. The molecule has 3 N–H and O–H groups in total. The topological polar surface area (TPSA) is 88.7 Å². The van der Waals surface area contributed by atoms with Crippen LogP contribution >= 0.6 is 12.2 Å². The Morgan fingerprint density at radius 2 is 1.68 bits per heavy atom. The van der Waals surface area contributed by atoms with Crippen molar-refractivity contribution in [2.45, 2.75) is 6.42 Å². The Morgan fingerprint density at radius 3 is 2.29 bits per heavy atom. The van der Waals surface area contributed by atoms with Crippen LogP contribution in [0.3, 0.4) is 0 Å². The van der Waals surface area contributed by atoms with E-state index in [2.05, 4.69) is 16.0 Å². The fourth-order valence-corrected chi connectivity index (χ4v) is 2.47. The third-order valence-electron chi connectivity index (χ3n) is 3.76. The Kier molecular flexibility index (Phi) is 8.38. The lowest BCUT2D eigenvalue weighted by Crippen LogP contribution is -2.34. The number of thiocarbonyl (C=S) groups is 1. The maximum absolute atomic E-state index is 12.3. The van der Waals surface area contributed by atoms with Gasteiger partial charge in [-0.15, -0.1) is 0 Å². The van der Waals surface area contributed by atoms with Gasteiger partial charge in [0.05, 0.1) is 13.0 Å². The van der Waals surface area contributed by atoms with Gasteiger partial charge in [-0.1, -0.05) is 12.1 Å². The SMILES string of the molecule is CNC(=O)Cc1ccc(NC(=S)NC(=O)c2ccc(OCCOC)cc2)cc1. The number of amides is 2. The lowest BCUT2D eigenvalue weighted by atomic mass is 10.1. The maximum Gasteiger partial charge on any atom is 0.257 e. The molecule has 0 saturated heterocycles. The Balaban J connectivity index is 1.85. The van der Waals surface area contributed by atoms with Crippen molar-refractivity contribution in [1.29, 1.82) is 0 Å². The van der Waals surface area contributed by atoms with E-state index in [1.54, 1.807) is 50.6 Å². The third-order valence-corrected chi connectivity index (χ3v) is 3.96. The van der Waals surface area contributed by atoms with E-state index < -0.39 is 0 Å². The zero-order chi connectivity index (χ0) is 20.4. The van der Waals surface area contributed by atoms with Gasteiger partial charge in [0.15, 0.2) is 5.11 Å². The van der Waals surface area contributed by atoms with Crippen LogP contribution in [0.25, 0.3) is 0 Å². The molecule has 0 saturated carbocycles. The molecule has 0 radical (unpaired) electrons. The van der Waals surface area contributed by atoms with Crippen LogP contribution in [0.2, 0.25) is 0 Å². The number of ether oxygens (including phenoxy) is 2. The highest BCUT2D eigenvalue weighted by Gasteiger charge is 2.09. The van der Waals surface area contributed by atoms with Crippen molar-refractivity contribution in [3.8, 4) is 5.75 Å². The van der Waals surface area contributed by atoms with Crippen LogP contribution in [0.1, 0.15) is 15.9 Å². The average Bonchev–Trinajstić information content (AvgIpc) is 2.70. The molecule has 2 aromatic rings. The molecule has 2 amide bonds. The van der Waals surface area contributed by atoms with Gasteiger partial charge in [-0.3, -0.25) is 14.9 Å². The second-order valence-electron chi connectivity index (χ2n) is 5.82. The second-order valence-corrected chi connectivity index (χ2v) is 6.23. The predicted octanol–water partition coefficient (Wildman–Crippen LogP) is 2.13. The van der Waals surface area contributed by atoms with Crippen LogP contribution in [0.5, 0.6) is 5.75 Å². The van der Waals surface area contributed by atoms with Crippen molar-refractivity contribution in [1.82, 2.24) is 10.6 Å². The van der Waals surface area contributed by atoms with Crippen molar-refractivity contribution in [3.05, 3.63) is 59.7 Å². The normalized spacial score (nSPS) is 10.1. The summed E-state index contributed by atoms with van der Waals surface area (Å²) in [4.78, 5) is 23.7. The minimum absolute atomic E-state index is 0.0568. The summed E-state index contributed by atoms with van der Waals surface area (Å²) in [5.74, 6) is 0.280. The third kappa shape index (κ3) is 6.98. The van der Waals surface area contributed by atoms with E-state index in [1.165, 1.54) is 0 Å². The summed E-state index contributed by atoms with van der Waals surface area (Å²) < 4.78 is 10.4. The molecule has 0 fully saturated rings. The van der Waals surface area contributed by atoms with E-state index in [0.29, 0.717) is 36.6 Å². The molecule has 7 nitrogen and oxygen atoms in total. The number of nitrogens with one attached hydrogen (secondary N) is 3. The van der Waals surface area contributed by atoms with Gasteiger partial charge in [0.2, 0.25) is 5.91 Å². The van der Waals surface area contributed by atoms with E-state index >= 15 is 0 Å². The maximum atomic E-state index is 12.3.